The first-order valence-electron chi connectivity index (χ1n) is 5.19. The van der Waals surface area contributed by atoms with E-state index in [1.54, 1.807) is 18.2 Å². The molecule has 2 aromatic rings. The highest BCUT2D eigenvalue weighted by Gasteiger charge is 2.10. The molecule has 1 aromatic carbocycles. The Bertz CT molecular complexity index is 800. The third-order valence-corrected chi connectivity index (χ3v) is 3.42. The first kappa shape index (κ1) is 12.6. The molecule has 2 rings (SSSR count). The molecule has 0 unspecified atom stereocenters. The number of fused-ring (bicyclic) bond motifs is 1. The maximum Gasteiger partial charge on any atom is 0.422 e. The van der Waals surface area contributed by atoms with E-state index in [1.807, 2.05) is 0 Å². The zero-order valence-corrected chi connectivity index (χ0v) is 10.4. The molecule has 0 fully saturated rings. The molecule has 1 heterocycles. The van der Waals surface area contributed by atoms with Crippen LogP contribution in [0.2, 0.25) is 0 Å². The molecule has 7 heteroatoms. The molecule has 18 heavy (non-hydrogen) atoms. The second-order valence-corrected chi connectivity index (χ2v) is 6.21. The van der Waals surface area contributed by atoms with Gasteiger partial charge in [-0.25, -0.2) is 18.0 Å². The van der Waals surface area contributed by atoms with Gasteiger partial charge in [0.2, 0.25) is 0 Å². The van der Waals surface area contributed by atoms with Crippen LogP contribution in [0.5, 0.6) is 0 Å². The largest absolute Gasteiger partial charge is 0.422 e. The van der Waals surface area contributed by atoms with Gasteiger partial charge < -0.3 is 4.42 Å². The summed E-state index contributed by atoms with van der Waals surface area (Å²) in [6.07, 6.45) is 1.08. The predicted molar refractivity (Wildman–Crippen MR) is 66.5 cm³/mol. The predicted octanol–water partition coefficient (Wildman–Crippen LogP) is -0.000700. The summed E-state index contributed by atoms with van der Waals surface area (Å²) in [5, 5.41) is 0.255. The van der Waals surface area contributed by atoms with Gasteiger partial charge >= 0.3 is 11.4 Å². The second-order valence-electron chi connectivity index (χ2n) is 3.95. The first-order chi connectivity index (χ1) is 8.38. The number of aryl methyl sites for hydroxylation is 1. The van der Waals surface area contributed by atoms with Gasteiger partial charge in [0.25, 0.3) is 0 Å². The molecule has 0 aliphatic carbocycles. The maximum absolute atomic E-state index is 11.6. The molecule has 0 atom stereocenters. The quantitative estimate of drug-likeness (QED) is 0.782. The van der Waals surface area contributed by atoms with E-state index in [1.165, 1.54) is 6.07 Å². The van der Waals surface area contributed by atoms with Gasteiger partial charge in [0.05, 0.1) is 16.7 Å². The highest BCUT2D eigenvalue weighted by atomic mass is 32.2. The number of aromatic nitrogens is 1. The van der Waals surface area contributed by atoms with Crippen molar-refractivity contribution < 1.29 is 12.8 Å². The number of rotatable bonds is 3. The number of benzene rings is 1. The lowest BCUT2D eigenvalue weighted by molar-refractivity contribution is 0.421. The third kappa shape index (κ3) is 2.51. The third-order valence-electron chi connectivity index (χ3n) is 2.50. The molecular formula is C11H11NO5S. The minimum absolute atomic E-state index is 0.0397. The fraction of sp³-hybridized carbons (Fsp3) is 0.273. The summed E-state index contributed by atoms with van der Waals surface area (Å²) in [6.45, 7) is -0.0397. The summed E-state index contributed by atoms with van der Waals surface area (Å²) in [6, 6.07) is 6.41. The van der Waals surface area contributed by atoms with Gasteiger partial charge in [-0.2, -0.15) is 0 Å². The van der Waals surface area contributed by atoms with Gasteiger partial charge in [-0.15, -0.1) is 0 Å². The van der Waals surface area contributed by atoms with Gasteiger partial charge in [0, 0.05) is 12.8 Å². The SMILES string of the molecule is CS(=O)(=O)CCn1c(=O)oc(=O)c2ccccc21. The highest BCUT2D eigenvalue weighted by molar-refractivity contribution is 7.90. The Labute approximate surface area is 102 Å². The lowest BCUT2D eigenvalue weighted by Gasteiger charge is -2.06. The van der Waals surface area contributed by atoms with E-state index in [2.05, 4.69) is 4.42 Å². The molecule has 0 saturated heterocycles. The van der Waals surface area contributed by atoms with E-state index in [0.717, 1.165) is 10.8 Å². The Balaban J connectivity index is 2.63. The average Bonchev–Trinajstić information content (AvgIpc) is 2.27. The average molecular weight is 269 g/mol. The molecule has 0 spiro atoms. The van der Waals surface area contributed by atoms with Crippen molar-refractivity contribution in [2.75, 3.05) is 12.0 Å². The Kier molecular flexibility index (Phi) is 3.08. The zero-order valence-electron chi connectivity index (χ0n) is 9.62. The van der Waals surface area contributed by atoms with Gasteiger partial charge in [-0.05, 0) is 12.1 Å². The number of hydrogen-bond acceptors (Lipinski definition) is 5. The molecule has 0 amide bonds. The van der Waals surface area contributed by atoms with Gasteiger partial charge in [-0.3, -0.25) is 4.57 Å². The second kappa shape index (κ2) is 4.41. The molecule has 0 bridgehead atoms. The van der Waals surface area contributed by atoms with Crippen molar-refractivity contribution in [2.45, 2.75) is 6.54 Å². The van der Waals surface area contributed by atoms with Crippen LogP contribution < -0.4 is 11.4 Å². The van der Waals surface area contributed by atoms with E-state index in [9.17, 15) is 18.0 Å². The summed E-state index contributed by atoms with van der Waals surface area (Å²) in [5.74, 6) is -1.03. The van der Waals surface area contributed by atoms with Crippen molar-refractivity contribution in [1.82, 2.24) is 4.57 Å². The smallest absolute Gasteiger partial charge is 0.372 e. The Morgan fingerprint density at radius 1 is 1.22 bits per heavy atom. The Hall–Kier alpha value is -1.89. The van der Waals surface area contributed by atoms with E-state index >= 15 is 0 Å². The normalized spacial score (nSPS) is 11.8. The summed E-state index contributed by atoms with van der Waals surface area (Å²) >= 11 is 0. The lowest BCUT2D eigenvalue weighted by atomic mass is 10.2. The molecule has 6 nitrogen and oxygen atoms in total. The number of hydrogen-bond donors (Lipinski definition) is 0. The van der Waals surface area contributed by atoms with Gasteiger partial charge in [0.1, 0.15) is 9.84 Å². The lowest BCUT2D eigenvalue weighted by Crippen LogP contribution is -2.27. The van der Waals surface area contributed by atoms with Crippen LogP contribution in [-0.2, 0) is 16.4 Å². The molecule has 1 aromatic heterocycles. The van der Waals surface area contributed by atoms with Crippen molar-refractivity contribution in [1.29, 1.82) is 0 Å². The van der Waals surface area contributed by atoms with Gasteiger partial charge in [0.15, 0.2) is 0 Å². The highest BCUT2D eigenvalue weighted by Crippen LogP contribution is 2.07. The molecular weight excluding hydrogens is 258 g/mol. The summed E-state index contributed by atoms with van der Waals surface area (Å²) in [5.41, 5.74) is -0.339. The fourth-order valence-corrected chi connectivity index (χ4v) is 2.15. The van der Waals surface area contributed by atoms with Crippen LogP contribution in [0.1, 0.15) is 0 Å². The summed E-state index contributed by atoms with van der Waals surface area (Å²) in [4.78, 5) is 23.0. The number of para-hydroxylation sites is 1. The summed E-state index contributed by atoms with van der Waals surface area (Å²) < 4.78 is 27.9. The van der Waals surface area contributed by atoms with E-state index in [4.69, 9.17) is 0 Å². The first-order valence-corrected chi connectivity index (χ1v) is 7.25. The monoisotopic (exact) mass is 269 g/mol. The van der Waals surface area contributed by atoms with Crippen LogP contribution in [-0.4, -0.2) is 25.0 Å². The van der Waals surface area contributed by atoms with Crippen LogP contribution in [0.3, 0.4) is 0 Å². The molecule has 0 radical (unpaired) electrons. The minimum atomic E-state index is -3.20. The van der Waals surface area contributed by atoms with E-state index in [-0.39, 0.29) is 17.7 Å². The van der Waals surface area contributed by atoms with Crippen molar-refractivity contribution in [3.05, 3.63) is 45.2 Å². The van der Waals surface area contributed by atoms with Crippen LogP contribution in [0, 0.1) is 0 Å². The van der Waals surface area contributed by atoms with Crippen molar-refractivity contribution >= 4 is 20.7 Å². The van der Waals surface area contributed by atoms with E-state index in [0.29, 0.717) is 5.52 Å². The maximum atomic E-state index is 11.6. The zero-order chi connectivity index (χ0) is 13.3. The van der Waals surface area contributed by atoms with Gasteiger partial charge in [-0.1, -0.05) is 12.1 Å². The van der Waals surface area contributed by atoms with Crippen LogP contribution in [0.4, 0.5) is 0 Å². The van der Waals surface area contributed by atoms with Crippen LogP contribution in [0.15, 0.2) is 38.3 Å². The molecule has 0 aliphatic heterocycles. The summed E-state index contributed by atoms with van der Waals surface area (Å²) in [7, 11) is -3.20. The molecule has 0 N–H and O–H groups in total. The topological polar surface area (TPSA) is 86.3 Å². The number of nitrogens with zero attached hydrogens (tertiary/aromatic N) is 1. The van der Waals surface area contributed by atoms with Crippen molar-refractivity contribution in [3.8, 4) is 0 Å². The molecule has 96 valence electrons. The Morgan fingerprint density at radius 2 is 1.89 bits per heavy atom. The van der Waals surface area contributed by atoms with Crippen LogP contribution in [0.25, 0.3) is 10.9 Å². The Morgan fingerprint density at radius 3 is 2.56 bits per heavy atom. The van der Waals surface area contributed by atoms with Crippen molar-refractivity contribution in [2.24, 2.45) is 0 Å². The van der Waals surface area contributed by atoms with E-state index < -0.39 is 21.2 Å². The molecule has 0 aliphatic rings. The fourth-order valence-electron chi connectivity index (χ4n) is 1.64. The minimum Gasteiger partial charge on any atom is -0.372 e. The molecule has 0 saturated carbocycles. The van der Waals surface area contributed by atoms with Crippen molar-refractivity contribution in [3.63, 3.8) is 0 Å². The van der Waals surface area contributed by atoms with Crippen LogP contribution >= 0.6 is 0 Å². The number of sulfone groups is 1. The standard InChI is InChI=1S/C11H11NO5S/c1-18(15,16)7-6-12-9-5-3-2-4-8(9)10(13)17-11(12)14/h2-5H,6-7H2,1H3.